The first-order valence-corrected chi connectivity index (χ1v) is 10.1. The third kappa shape index (κ3) is 3.13. The molecule has 4 heterocycles. The largest absolute Gasteiger partial charge is 0.454 e. The minimum Gasteiger partial charge on any atom is -0.454 e. The van der Waals surface area contributed by atoms with Crippen molar-refractivity contribution in [2.75, 3.05) is 33.0 Å². The van der Waals surface area contributed by atoms with Crippen LogP contribution in [-0.4, -0.2) is 53.8 Å². The first-order chi connectivity index (χ1) is 13.7. The zero-order chi connectivity index (χ0) is 19.1. The molecule has 3 aliphatic heterocycles. The highest BCUT2D eigenvalue weighted by atomic mass is 16.7. The van der Waals surface area contributed by atoms with Crippen molar-refractivity contribution in [3.05, 3.63) is 29.5 Å². The van der Waals surface area contributed by atoms with Crippen molar-refractivity contribution in [3.8, 4) is 22.8 Å². The lowest BCUT2D eigenvalue weighted by atomic mass is 9.99. The molecule has 0 spiro atoms. The Kier molecular flexibility index (Phi) is 4.47. The number of ether oxygens (including phenoxy) is 2. The molecule has 1 aromatic carbocycles. The third-order valence-electron chi connectivity index (χ3n) is 5.94. The van der Waals surface area contributed by atoms with Gasteiger partial charge in [-0.25, -0.2) is 0 Å². The molecular formula is C21H25N3O4. The highest BCUT2D eigenvalue weighted by molar-refractivity contribution is 5.79. The Labute approximate surface area is 164 Å². The lowest BCUT2D eigenvalue weighted by Gasteiger charge is -2.30. The van der Waals surface area contributed by atoms with Gasteiger partial charge in [0, 0.05) is 36.6 Å². The second-order valence-electron chi connectivity index (χ2n) is 7.92. The highest BCUT2D eigenvalue weighted by Crippen LogP contribution is 2.38. The van der Waals surface area contributed by atoms with Crippen LogP contribution < -0.4 is 9.47 Å². The predicted octanol–water partition coefficient (Wildman–Crippen LogP) is 2.69. The molecule has 148 valence electrons. The fourth-order valence-corrected chi connectivity index (χ4v) is 4.41. The van der Waals surface area contributed by atoms with Crippen LogP contribution in [0.2, 0.25) is 0 Å². The zero-order valence-corrected chi connectivity index (χ0v) is 16.1. The minimum atomic E-state index is 0.00787. The average Bonchev–Trinajstić information content (AvgIpc) is 3.46. The number of nitrogens with zero attached hydrogens (tertiary/aromatic N) is 3. The summed E-state index contributed by atoms with van der Waals surface area (Å²) in [5.74, 6) is 2.57. The molecule has 1 aromatic heterocycles. The summed E-state index contributed by atoms with van der Waals surface area (Å²) in [6.45, 7) is 6.59. The number of aromatic nitrogens is 1. The van der Waals surface area contributed by atoms with Crippen molar-refractivity contribution in [2.45, 2.75) is 32.7 Å². The summed E-state index contributed by atoms with van der Waals surface area (Å²) in [6.07, 6.45) is 3.19. The molecule has 5 rings (SSSR count). The summed E-state index contributed by atoms with van der Waals surface area (Å²) in [7, 11) is 0. The van der Waals surface area contributed by atoms with Crippen molar-refractivity contribution < 1.29 is 18.8 Å². The molecule has 0 saturated carbocycles. The summed E-state index contributed by atoms with van der Waals surface area (Å²) in [5.41, 5.74) is 2.72. The molecule has 1 atom stereocenters. The molecule has 0 radical (unpaired) electrons. The Morgan fingerprint density at radius 2 is 2.00 bits per heavy atom. The quantitative estimate of drug-likeness (QED) is 0.809. The van der Waals surface area contributed by atoms with Gasteiger partial charge in [-0.05, 0) is 44.1 Å². The summed E-state index contributed by atoms with van der Waals surface area (Å²) < 4.78 is 16.5. The maximum atomic E-state index is 13.0. The van der Waals surface area contributed by atoms with Gasteiger partial charge in [-0.2, -0.15) is 0 Å². The smallest absolute Gasteiger partial charge is 0.231 e. The molecular weight excluding hydrogens is 358 g/mol. The van der Waals surface area contributed by atoms with Gasteiger partial charge in [0.2, 0.25) is 12.7 Å². The zero-order valence-electron chi connectivity index (χ0n) is 16.1. The fourth-order valence-electron chi connectivity index (χ4n) is 4.41. The van der Waals surface area contributed by atoms with Gasteiger partial charge >= 0.3 is 0 Å². The van der Waals surface area contributed by atoms with Crippen LogP contribution >= 0.6 is 0 Å². The lowest BCUT2D eigenvalue weighted by Crippen LogP contribution is -2.42. The van der Waals surface area contributed by atoms with E-state index in [0.29, 0.717) is 19.5 Å². The normalized spacial score (nSPS) is 19.7. The molecule has 1 unspecified atom stereocenters. The van der Waals surface area contributed by atoms with E-state index >= 15 is 0 Å². The van der Waals surface area contributed by atoms with E-state index in [4.69, 9.17) is 14.0 Å². The van der Waals surface area contributed by atoms with Crippen molar-refractivity contribution in [1.82, 2.24) is 15.0 Å². The Balaban J connectivity index is 1.34. The Hall–Kier alpha value is -2.54. The average molecular weight is 383 g/mol. The maximum absolute atomic E-state index is 13.0. The number of fused-ring (bicyclic) bond motifs is 2. The second kappa shape index (κ2) is 7.13. The maximum Gasteiger partial charge on any atom is 0.231 e. The molecule has 1 saturated heterocycles. The molecule has 0 N–H and O–H groups in total. The molecule has 28 heavy (non-hydrogen) atoms. The van der Waals surface area contributed by atoms with Crippen molar-refractivity contribution in [1.29, 1.82) is 0 Å². The molecule has 1 fully saturated rings. The van der Waals surface area contributed by atoms with E-state index in [9.17, 15) is 4.79 Å². The van der Waals surface area contributed by atoms with E-state index < -0.39 is 0 Å². The van der Waals surface area contributed by atoms with Crippen molar-refractivity contribution in [2.24, 2.45) is 5.92 Å². The number of carbonyl (C=O) groups excluding carboxylic acids is 1. The van der Waals surface area contributed by atoms with Crippen LogP contribution in [0.3, 0.4) is 0 Å². The third-order valence-corrected chi connectivity index (χ3v) is 5.94. The summed E-state index contributed by atoms with van der Waals surface area (Å²) in [4.78, 5) is 17.4. The topological polar surface area (TPSA) is 68.0 Å². The SMILES string of the molecule is CC(CN1CCCC1)C(=O)N1CCc2onc(-c3ccc4c(c3)OCO4)c2C1. The molecule has 7 heteroatoms. The molecule has 2 aromatic rings. The van der Waals surface area contributed by atoms with E-state index in [0.717, 1.165) is 53.7 Å². The first-order valence-electron chi connectivity index (χ1n) is 10.1. The predicted molar refractivity (Wildman–Crippen MR) is 102 cm³/mol. The van der Waals surface area contributed by atoms with Crippen LogP contribution in [0.15, 0.2) is 22.7 Å². The number of likely N-dealkylation sites (tertiary alicyclic amines) is 1. The van der Waals surface area contributed by atoms with Crippen molar-refractivity contribution in [3.63, 3.8) is 0 Å². The van der Waals surface area contributed by atoms with Gasteiger partial charge in [0.15, 0.2) is 11.5 Å². The number of benzene rings is 1. The van der Waals surface area contributed by atoms with Crippen LogP contribution in [-0.2, 0) is 17.8 Å². The summed E-state index contributed by atoms with van der Waals surface area (Å²) in [5, 5.41) is 4.30. The standard InChI is InChI=1S/C21H25N3O4/c1-14(11-23-7-2-3-8-23)21(25)24-9-6-17-16(12-24)20(22-28-17)15-4-5-18-19(10-15)27-13-26-18/h4-5,10,14H,2-3,6-9,11-13H2,1H3. The van der Waals surface area contributed by atoms with Crippen LogP contribution in [0.25, 0.3) is 11.3 Å². The van der Waals surface area contributed by atoms with E-state index in [1.54, 1.807) is 0 Å². The summed E-state index contributed by atoms with van der Waals surface area (Å²) >= 11 is 0. The summed E-state index contributed by atoms with van der Waals surface area (Å²) in [6, 6.07) is 5.78. The Morgan fingerprint density at radius 1 is 1.18 bits per heavy atom. The Bertz CT molecular complexity index is 888. The molecule has 0 bridgehead atoms. The molecule has 1 amide bonds. The van der Waals surface area contributed by atoms with Crippen molar-refractivity contribution >= 4 is 5.91 Å². The lowest BCUT2D eigenvalue weighted by molar-refractivity contribution is -0.136. The van der Waals surface area contributed by atoms with Crippen LogP contribution in [0.5, 0.6) is 11.5 Å². The molecule has 7 nitrogen and oxygen atoms in total. The number of hydrogen-bond acceptors (Lipinski definition) is 6. The number of rotatable bonds is 4. The number of carbonyl (C=O) groups is 1. The highest BCUT2D eigenvalue weighted by Gasteiger charge is 2.31. The van der Waals surface area contributed by atoms with Crippen LogP contribution in [0.4, 0.5) is 0 Å². The van der Waals surface area contributed by atoms with Gasteiger partial charge in [-0.3, -0.25) is 4.79 Å². The van der Waals surface area contributed by atoms with Gasteiger partial charge in [-0.15, -0.1) is 0 Å². The monoisotopic (exact) mass is 383 g/mol. The van der Waals surface area contributed by atoms with Gasteiger partial charge in [0.1, 0.15) is 11.5 Å². The van der Waals surface area contributed by atoms with Crippen LogP contribution in [0.1, 0.15) is 31.1 Å². The van der Waals surface area contributed by atoms with E-state index in [1.807, 2.05) is 30.0 Å². The fraction of sp³-hybridized carbons (Fsp3) is 0.524. The van der Waals surface area contributed by atoms with Gasteiger partial charge < -0.3 is 23.8 Å². The molecule has 0 aliphatic carbocycles. The van der Waals surface area contributed by atoms with Gasteiger partial charge in [0.25, 0.3) is 0 Å². The van der Waals surface area contributed by atoms with E-state index in [-0.39, 0.29) is 18.6 Å². The number of amides is 1. The van der Waals surface area contributed by atoms with Gasteiger partial charge in [-0.1, -0.05) is 12.1 Å². The van der Waals surface area contributed by atoms with E-state index in [1.165, 1.54) is 12.8 Å². The minimum absolute atomic E-state index is 0.00787. The molecule has 3 aliphatic rings. The Morgan fingerprint density at radius 3 is 2.86 bits per heavy atom. The van der Waals surface area contributed by atoms with Gasteiger partial charge in [0.05, 0.1) is 6.54 Å². The second-order valence-corrected chi connectivity index (χ2v) is 7.92. The first kappa shape index (κ1) is 17.6. The van der Waals surface area contributed by atoms with E-state index in [2.05, 4.69) is 10.1 Å². The van der Waals surface area contributed by atoms with Crippen LogP contribution in [0, 0.1) is 5.92 Å². The number of hydrogen-bond donors (Lipinski definition) is 0.